The third kappa shape index (κ3) is 3.55. The van der Waals surface area contributed by atoms with Crippen LogP contribution in [0.4, 0.5) is 0 Å². The van der Waals surface area contributed by atoms with Crippen LogP contribution >= 0.6 is 7.14 Å². The highest BCUT2D eigenvalue weighted by molar-refractivity contribution is 7.79. The van der Waals surface area contributed by atoms with Crippen LogP contribution in [0, 0.1) is 0 Å². The Morgan fingerprint density at radius 2 is 1.50 bits per heavy atom. The van der Waals surface area contributed by atoms with Crippen LogP contribution < -0.4 is 10.6 Å². The molecular weight excluding hydrogens is 339 g/mol. The van der Waals surface area contributed by atoms with E-state index in [-0.39, 0.29) is 17.4 Å². The van der Waals surface area contributed by atoms with Gasteiger partial charge >= 0.3 is 0 Å². The molecule has 1 saturated heterocycles. The molecule has 140 valence electrons. The zero-order valence-electron chi connectivity index (χ0n) is 16.2. The minimum atomic E-state index is -2.81. The average Bonchev–Trinajstić information content (AvgIpc) is 3.37. The van der Waals surface area contributed by atoms with E-state index in [1.54, 1.807) is 0 Å². The predicted octanol–water partition coefficient (Wildman–Crippen LogP) is 5.52. The molecule has 0 saturated carbocycles. The van der Waals surface area contributed by atoms with Crippen LogP contribution in [0.25, 0.3) is 0 Å². The molecule has 1 aliphatic heterocycles. The predicted molar refractivity (Wildman–Crippen MR) is 111 cm³/mol. The second-order valence-corrected chi connectivity index (χ2v) is 10.5. The van der Waals surface area contributed by atoms with E-state index in [1.165, 1.54) is 12.8 Å². The van der Waals surface area contributed by atoms with E-state index in [2.05, 4.69) is 20.8 Å². The molecule has 0 N–H and O–H groups in total. The van der Waals surface area contributed by atoms with Gasteiger partial charge < -0.3 is 9.30 Å². The van der Waals surface area contributed by atoms with E-state index in [4.69, 9.17) is 4.74 Å². The lowest BCUT2D eigenvalue weighted by Gasteiger charge is -2.32. The van der Waals surface area contributed by atoms with Gasteiger partial charge in [-0.15, -0.1) is 0 Å². The van der Waals surface area contributed by atoms with Crippen molar-refractivity contribution in [3.63, 3.8) is 0 Å². The molecule has 1 fully saturated rings. The zero-order chi connectivity index (χ0) is 18.6. The first-order valence-corrected chi connectivity index (χ1v) is 11.7. The summed E-state index contributed by atoms with van der Waals surface area (Å²) in [6.07, 6.45) is 5.58. The van der Waals surface area contributed by atoms with Gasteiger partial charge in [-0.05, 0) is 19.8 Å². The number of benzene rings is 2. The first-order chi connectivity index (χ1) is 12.6. The third-order valence-electron chi connectivity index (χ3n) is 5.81. The van der Waals surface area contributed by atoms with Crippen molar-refractivity contribution in [3.8, 4) is 0 Å². The number of ether oxygens (including phenoxy) is 1. The molecule has 0 radical (unpaired) electrons. The first kappa shape index (κ1) is 19.4. The van der Waals surface area contributed by atoms with Crippen molar-refractivity contribution in [2.45, 2.75) is 70.2 Å². The molecule has 0 unspecified atom stereocenters. The maximum absolute atomic E-state index is 14.8. The fourth-order valence-electron chi connectivity index (χ4n) is 4.28. The van der Waals surface area contributed by atoms with E-state index in [0.717, 1.165) is 29.9 Å². The fourth-order valence-corrected chi connectivity index (χ4v) is 8.02. The highest BCUT2D eigenvalue weighted by Gasteiger charge is 2.61. The van der Waals surface area contributed by atoms with Crippen LogP contribution in [0.5, 0.6) is 0 Å². The van der Waals surface area contributed by atoms with E-state index >= 15 is 0 Å². The molecule has 2 aromatic carbocycles. The number of hydrogen-bond acceptors (Lipinski definition) is 2. The molecule has 0 amide bonds. The molecule has 0 aromatic heterocycles. The lowest BCUT2D eigenvalue weighted by molar-refractivity contribution is 0.291. The lowest BCUT2D eigenvalue weighted by Crippen LogP contribution is -2.37. The standard InChI is InChI=1S/C23H31O2P/c1-4-6-9-18-22(23(3)21(5-2)25-23)26(24,19-14-10-7-11-15-19)20-16-12-8-13-17-20/h7-8,10-17,21-22H,4-6,9,18H2,1-3H3/t21-,22-,23+/m1/s1. The maximum atomic E-state index is 14.8. The van der Waals surface area contributed by atoms with Gasteiger partial charge in [0, 0.05) is 10.6 Å². The minimum absolute atomic E-state index is 0.0244. The molecule has 26 heavy (non-hydrogen) atoms. The van der Waals surface area contributed by atoms with Gasteiger partial charge in [-0.25, -0.2) is 0 Å². The van der Waals surface area contributed by atoms with Gasteiger partial charge in [0.2, 0.25) is 0 Å². The van der Waals surface area contributed by atoms with E-state index in [9.17, 15) is 4.57 Å². The Hall–Kier alpha value is -1.37. The molecule has 1 heterocycles. The van der Waals surface area contributed by atoms with Crippen LogP contribution in [-0.2, 0) is 9.30 Å². The summed E-state index contributed by atoms with van der Waals surface area (Å²) in [6.45, 7) is 6.55. The topological polar surface area (TPSA) is 29.6 Å². The molecule has 2 aromatic rings. The Morgan fingerprint density at radius 1 is 0.962 bits per heavy atom. The van der Waals surface area contributed by atoms with Gasteiger partial charge in [-0.1, -0.05) is 93.8 Å². The van der Waals surface area contributed by atoms with E-state index in [0.29, 0.717) is 0 Å². The smallest absolute Gasteiger partial charge is 0.149 e. The Morgan fingerprint density at radius 3 is 1.92 bits per heavy atom. The average molecular weight is 370 g/mol. The highest BCUT2D eigenvalue weighted by atomic mass is 31.2. The fraction of sp³-hybridized carbons (Fsp3) is 0.478. The summed E-state index contributed by atoms with van der Waals surface area (Å²) in [6, 6.07) is 20.1. The molecular formula is C23H31O2P. The van der Waals surface area contributed by atoms with Crippen molar-refractivity contribution in [1.29, 1.82) is 0 Å². The molecule has 2 nitrogen and oxygen atoms in total. The zero-order valence-corrected chi connectivity index (χ0v) is 17.1. The van der Waals surface area contributed by atoms with E-state index < -0.39 is 7.14 Å². The van der Waals surface area contributed by atoms with Crippen molar-refractivity contribution in [3.05, 3.63) is 60.7 Å². The van der Waals surface area contributed by atoms with Crippen LogP contribution in [0.2, 0.25) is 0 Å². The Kier molecular flexibility index (Phi) is 6.05. The van der Waals surface area contributed by atoms with Gasteiger partial charge in [0.15, 0.2) is 0 Å². The van der Waals surface area contributed by atoms with Crippen molar-refractivity contribution >= 4 is 17.8 Å². The molecule has 0 bridgehead atoms. The van der Waals surface area contributed by atoms with Crippen LogP contribution in [0.15, 0.2) is 60.7 Å². The second-order valence-electron chi connectivity index (χ2n) is 7.54. The van der Waals surface area contributed by atoms with Gasteiger partial charge in [0.05, 0.1) is 11.8 Å². The van der Waals surface area contributed by atoms with Crippen molar-refractivity contribution in [2.24, 2.45) is 0 Å². The highest BCUT2D eigenvalue weighted by Crippen LogP contribution is 2.61. The van der Waals surface area contributed by atoms with Crippen molar-refractivity contribution in [1.82, 2.24) is 0 Å². The number of rotatable bonds is 9. The summed E-state index contributed by atoms with van der Waals surface area (Å²) in [5, 5.41) is 1.92. The maximum Gasteiger partial charge on any atom is 0.149 e. The Labute approximate surface area is 158 Å². The van der Waals surface area contributed by atoms with Gasteiger partial charge in [-0.2, -0.15) is 0 Å². The minimum Gasteiger partial charge on any atom is -0.366 e. The van der Waals surface area contributed by atoms with Crippen LogP contribution in [-0.4, -0.2) is 17.4 Å². The van der Waals surface area contributed by atoms with Gasteiger partial charge in [0.1, 0.15) is 12.7 Å². The Bertz CT molecular complexity index is 700. The largest absolute Gasteiger partial charge is 0.366 e. The normalized spacial score (nSPS) is 23.6. The second kappa shape index (κ2) is 8.11. The summed E-state index contributed by atoms with van der Waals surface area (Å²) in [5.74, 6) is 0. The SMILES string of the molecule is CCCCC[C@H]([C@@]1(C)O[C@@H]1CC)P(=O)(c1ccccc1)c1ccccc1. The summed E-state index contributed by atoms with van der Waals surface area (Å²) in [5.41, 5.74) is -0.264. The monoisotopic (exact) mass is 370 g/mol. The summed E-state index contributed by atoms with van der Waals surface area (Å²) in [7, 11) is -2.81. The summed E-state index contributed by atoms with van der Waals surface area (Å²) >= 11 is 0. The number of hydrogen-bond donors (Lipinski definition) is 0. The molecule has 3 rings (SSSR count). The number of unbranched alkanes of at least 4 members (excludes halogenated alkanes) is 2. The summed E-state index contributed by atoms with van der Waals surface area (Å²) < 4.78 is 20.9. The molecule has 3 atom stereocenters. The third-order valence-corrected chi connectivity index (χ3v) is 9.59. The van der Waals surface area contributed by atoms with Crippen LogP contribution in [0.3, 0.4) is 0 Å². The van der Waals surface area contributed by atoms with Crippen molar-refractivity contribution in [2.75, 3.05) is 0 Å². The summed E-state index contributed by atoms with van der Waals surface area (Å²) in [4.78, 5) is 0. The van der Waals surface area contributed by atoms with Crippen molar-refractivity contribution < 1.29 is 9.30 Å². The molecule has 0 spiro atoms. The van der Waals surface area contributed by atoms with Gasteiger partial charge in [-0.3, -0.25) is 0 Å². The van der Waals surface area contributed by atoms with E-state index in [1.807, 2.05) is 60.7 Å². The molecule has 1 aliphatic rings. The lowest BCUT2D eigenvalue weighted by atomic mass is 9.97. The number of epoxide rings is 1. The molecule has 0 aliphatic carbocycles. The van der Waals surface area contributed by atoms with Crippen LogP contribution in [0.1, 0.15) is 52.9 Å². The quantitative estimate of drug-likeness (QED) is 0.331. The first-order valence-electron chi connectivity index (χ1n) is 9.96. The Balaban J connectivity index is 2.09. The molecule has 3 heteroatoms. The van der Waals surface area contributed by atoms with Gasteiger partial charge in [0.25, 0.3) is 0 Å².